The number of nitrogens with zero attached hydrogens (tertiary/aromatic N) is 2. The molecule has 0 bridgehead atoms. The van der Waals surface area contributed by atoms with Crippen molar-refractivity contribution in [3.05, 3.63) is 59.3 Å². The van der Waals surface area contributed by atoms with Crippen LogP contribution in [0.1, 0.15) is 57.2 Å². The fraction of sp³-hybridized carbons (Fsp3) is 0.538. The third kappa shape index (κ3) is 6.54. The SMILES string of the molecule is CC(CNCc1cccnc1N1CCC(C(N)=O)CC1)Cc1ccc(C(C)(C)C)cc1. The lowest BCUT2D eigenvalue weighted by molar-refractivity contribution is -0.122. The van der Waals surface area contributed by atoms with E-state index < -0.39 is 0 Å². The van der Waals surface area contributed by atoms with Gasteiger partial charge in [-0.3, -0.25) is 4.79 Å². The standard InChI is InChI=1S/C26H38N4O/c1-19(16-20-7-9-23(10-8-20)26(2,3)4)17-28-18-22-6-5-13-29-25(22)30-14-11-21(12-15-30)24(27)31/h5-10,13,19,21,28H,11-12,14-18H2,1-4H3,(H2,27,31). The van der Waals surface area contributed by atoms with Gasteiger partial charge in [-0.2, -0.15) is 0 Å². The number of nitrogens with two attached hydrogens (primary N) is 1. The molecule has 168 valence electrons. The molecule has 2 heterocycles. The zero-order valence-corrected chi connectivity index (χ0v) is 19.5. The van der Waals surface area contributed by atoms with E-state index in [4.69, 9.17) is 5.73 Å². The maximum atomic E-state index is 11.4. The fourth-order valence-corrected chi connectivity index (χ4v) is 4.30. The van der Waals surface area contributed by atoms with Gasteiger partial charge in [-0.05, 0) is 54.3 Å². The second-order valence-corrected chi connectivity index (χ2v) is 10.0. The summed E-state index contributed by atoms with van der Waals surface area (Å²) in [5.41, 5.74) is 9.65. The van der Waals surface area contributed by atoms with Crippen LogP contribution in [0.3, 0.4) is 0 Å². The summed E-state index contributed by atoms with van der Waals surface area (Å²) in [7, 11) is 0. The molecule has 1 aliphatic heterocycles. The van der Waals surface area contributed by atoms with Crippen LogP contribution in [0.5, 0.6) is 0 Å². The number of carbonyl (C=O) groups excluding carboxylic acids is 1. The van der Waals surface area contributed by atoms with E-state index in [2.05, 4.69) is 73.2 Å². The Kier molecular flexibility index (Phi) is 7.71. The van der Waals surface area contributed by atoms with Gasteiger partial charge in [-0.25, -0.2) is 4.98 Å². The summed E-state index contributed by atoms with van der Waals surface area (Å²) in [6.07, 6.45) is 4.54. The number of carbonyl (C=O) groups is 1. The van der Waals surface area contributed by atoms with E-state index in [0.717, 1.165) is 51.3 Å². The quantitative estimate of drug-likeness (QED) is 0.673. The zero-order chi connectivity index (χ0) is 22.4. The predicted molar refractivity (Wildman–Crippen MR) is 128 cm³/mol. The van der Waals surface area contributed by atoms with Crippen LogP contribution in [0, 0.1) is 11.8 Å². The molecule has 31 heavy (non-hydrogen) atoms. The highest BCUT2D eigenvalue weighted by Crippen LogP contribution is 2.25. The van der Waals surface area contributed by atoms with Crippen LogP contribution in [0.15, 0.2) is 42.6 Å². The summed E-state index contributed by atoms with van der Waals surface area (Å²) in [5.74, 6) is 1.40. The number of benzene rings is 1. The number of hydrogen-bond acceptors (Lipinski definition) is 4. The summed E-state index contributed by atoms with van der Waals surface area (Å²) < 4.78 is 0. The molecule has 1 atom stereocenters. The molecule has 1 unspecified atom stereocenters. The molecule has 3 N–H and O–H groups in total. The molecule has 5 heteroatoms. The maximum absolute atomic E-state index is 11.4. The molecule has 1 fully saturated rings. The Hall–Kier alpha value is -2.40. The first kappa shape index (κ1) is 23.3. The van der Waals surface area contributed by atoms with E-state index in [0.29, 0.717) is 5.92 Å². The Morgan fingerprint density at radius 3 is 2.48 bits per heavy atom. The molecular weight excluding hydrogens is 384 g/mol. The van der Waals surface area contributed by atoms with Crippen molar-refractivity contribution in [2.75, 3.05) is 24.5 Å². The van der Waals surface area contributed by atoms with Gasteiger partial charge < -0.3 is 16.0 Å². The van der Waals surface area contributed by atoms with Gasteiger partial charge in [0.05, 0.1) is 0 Å². The van der Waals surface area contributed by atoms with Crippen LogP contribution in [0.2, 0.25) is 0 Å². The minimum Gasteiger partial charge on any atom is -0.369 e. The fourth-order valence-electron chi connectivity index (χ4n) is 4.30. The van der Waals surface area contributed by atoms with Gasteiger partial charge in [-0.1, -0.05) is 58.0 Å². The van der Waals surface area contributed by atoms with Crippen molar-refractivity contribution in [2.45, 2.75) is 58.9 Å². The van der Waals surface area contributed by atoms with Crippen molar-refractivity contribution in [2.24, 2.45) is 17.6 Å². The van der Waals surface area contributed by atoms with Crippen molar-refractivity contribution in [1.29, 1.82) is 0 Å². The molecule has 5 nitrogen and oxygen atoms in total. The summed E-state index contributed by atoms with van der Waals surface area (Å²) in [6, 6.07) is 13.2. The van der Waals surface area contributed by atoms with Crippen LogP contribution in [0.25, 0.3) is 0 Å². The lowest BCUT2D eigenvalue weighted by Gasteiger charge is -2.32. The average Bonchev–Trinajstić information content (AvgIpc) is 2.74. The number of amides is 1. The Labute approximate surface area is 187 Å². The number of rotatable bonds is 8. The van der Waals surface area contributed by atoms with Crippen LogP contribution in [-0.2, 0) is 23.2 Å². The molecule has 1 amide bonds. The number of hydrogen-bond donors (Lipinski definition) is 2. The van der Waals surface area contributed by atoms with E-state index in [1.54, 1.807) is 0 Å². The number of pyridine rings is 1. The topological polar surface area (TPSA) is 71.2 Å². The third-order valence-electron chi connectivity index (χ3n) is 6.28. The first-order chi connectivity index (χ1) is 14.7. The molecule has 1 aliphatic rings. The van der Waals surface area contributed by atoms with Crippen LogP contribution >= 0.6 is 0 Å². The highest BCUT2D eigenvalue weighted by molar-refractivity contribution is 5.77. The van der Waals surface area contributed by atoms with Crippen molar-refractivity contribution in [1.82, 2.24) is 10.3 Å². The van der Waals surface area contributed by atoms with E-state index >= 15 is 0 Å². The largest absolute Gasteiger partial charge is 0.369 e. The van der Waals surface area contributed by atoms with Crippen LogP contribution < -0.4 is 16.0 Å². The number of aromatic nitrogens is 1. The smallest absolute Gasteiger partial charge is 0.220 e. The summed E-state index contributed by atoms with van der Waals surface area (Å²) in [6.45, 7) is 12.5. The molecular formula is C26H38N4O. The molecule has 1 aromatic carbocycles. The number of nitrogens with one attached hydrogen (secondary N) is 1. The van der Waals surface area contributed by atoms with Crippen molar-refractivity contribution >= 4 is 11.7 Å². The molecule has 0 spiro atoms. The predicted octanol–water partition coefficient (Wildman–Crippen LogP) is 4.05. The van der Waals surface area contributed by atoms with Gasteiger partial charge in [0.2, 0.25) is 5.91 Å². The lowest BCUT2D eigenvalue weighted by Crippen LogP contribution is -2.39. The molecule has 1 aromatic heterocycles. The van der Waals surface area contributed by atoms with Gasteiger partial charge >= 0.3 is 0 Å². The van der Waals surface area contributed by atoms with Crippen molar-refractivity contribution in [3.8, 4) is 0 Å². The van der Waals surface area contributed by atoms with Gasteiger partial charge in [0, 0.05) is 37.3 Å². The van der Waals surface area contributed by atoms with Gasteiger partial charge in [-0.15, -0.1) is 0 Å². The minimum atomic E-state index is -0.176. The Bertz CT molecular complexity index is 848. The number of anilines is 1. The van der Waals surface area contributed by atoms with Gasteiger partial charge in [0.25, 0.3) is 0 Å². The summed E-state index contributed by atoms with van der Waals surface area (Å²) in [4.78, 5) is 18.4. The number of piperidine rings is 1. The lowest BCUT2D eigenvalue weighted by atomic mass is 9.86. The molecule has 2 aromatic rings. The van der Waals surface area contributed by atoms with Crippen LogP contribution in [0.4, 0.5) is 5.82 Å². The second kappa shape index (κ2) is 10.3. The highest BCUT2D eigenvalue weighted by Gasteiger charge is 2.24. The highest BCUT2D eigenvalue weighted by atomic mass is 16.1. The monoisotopic (exact) mass is 422 g/mol. The second-order valence-electron chi connectivity index (χ2n) is 10.0. The van der Waals surface area contributed by atoms with E-state index in [-0.39, 0.29) is 17.2 Å². The molecule has 0 aliphatic carbocycles. The third-order valence-corrected chi connectivity index (χ3v) is 6.28. The maximum Gasteiger partial charge on any atom is 0.220 e. The van der Waals surface area contributed by atoms with E-state index in [1.807, 2.05) is 12.3 Å². The van der Waals surface area contributed by atoms with Crippen molar-refractivity contribution in [3.63, 3.8) is 0 Å². The Balaban J connectivity index is 1.50. The Morgan fingerprint density at radius 2 is 1.87 bits per heavy atom. The minimum absolute atomic E-state index is 0.000138. The first-order valence-corrected chi connectivity index (χ1v) is 11.5. The first-order valence-electron chi connectivity index (χ1n) is 11.5. The summed E-state index contributed by atoms with van der Waals surface area (Å²) in [5, 5.41) is 3.62. The molecule has 3 rings (SSSR count). The molecule has 0 saturated carbocycles. The van der Waals surface area contributed by atoms with E-state index in [9.17, 15) is 4.79 Å². The van der Waals surface area contributed by atoms with E-state index in [1.165, 1.54) is 16.7 Å². The Morgan fingerprint density at radius 1 is 1.19 bits per heavy atom. The van der Waals surface area contributed by atoms with Gasteiger partial charge in [0.1, 0.15) is 5.82 Å². The van der Waals surface area contributed by atoms with Crippen molar-refractivity contribution < 1.29 is 4.79 Å². The number of primary amides is 1. The van der Waals surface area contributed by atoms with Crippen LogP contribution in [-0.4, -0.2) is 30.5 Å². The van der Waals surface area contributed by atoms with Gasteiger partial charge in [0.15, 0.2) is 0 Å². The zero-order valence-electron chi connectivity index (χ0n) is 19.5. The summed E-state index contributed by atoms with van der Waals surface area (Å²) >= 11 is 0. The molecule has 1 saturated heterocycles. The average molecular weight is 423 g/mol. The normalized spacial score (nSPS) is 16.3. The molecule has 0 radical (unpaired) electrons.